The lowest BCUT2D eigenvalue weighted by Gasteiger charge is -2.24. The van der Waals surface area contributed by atoms with Gasteiger partial charge in [0.15, 0.2) is 12.1 Å². The molecule has 3 aromatic carbocycles. The van der Waals surface area contributed by atoms with Crippen LogP contribution in [0, 0.1) is 12.7 Å². The van der Waals surface area contributed by atoms with Gasteiger partial charge in [0.1, 0.15) is 5.82 Å². The fourth-order valence-electron chi connectivity index (χ4n) is 4.06. The van der Waals surface area contributed by atoms with Gasteiger partial charge in [-0.15, -0.1) is 0 Å². The van der Waals surface area contributed by atoms with Crippen LogP contribution in [0.4, 0.5) is 20.6 Å². The SMILES string of the molecule is CCCC(=O)Nc1ccc(C2OC(=O)N(Cc3ccc(C)cc3)C2C(=O)Nc2ccc(F)cc2)cc1. The number of nitrogens with one attached hydrogen (secondary N) is 2. The molecule has 2 unspecified atom stereocenters. The maximum absolute atomic E-state index is 13.4. The first-order valence-electron chi connectivity index (χ1n) is 11.8. The summed E-state index contributed by atoms with van der Waals surface area (Å²) >= 11 is 0. The molecule has 8 heteroatoms. The number of halogens is 1. The van der Waals surface area contributed by atoms with E-state index in [-0.39, 0.29) is 12.5 Å². The van der Waals surface area contributed by atoms with Crippen molar-refractivity contribution >= 4 is 29.3 Å². The predicted molar refractivity (Wildman–Crippen MR) is 135 cm³/mol. The van der Waals surface area contributed by atoms with Crippen LogP contribution in [-0.2, 0) is 20.9 Å². The van der Waals surface area contributed by atoms with Gasteiger partial charge in [0.25, 0.3) is 5.91 Å². The minimum Gasteiger partial charge on any atom is -0.438 e. The third-order valence-electron chi connectivity index (χ3n) is 5.94. The number of rotatable bonds is 8. The maximum Gasteiger partial charge on any atom is 0.411 e. The lowest BCUT2D eigenvalue weighted by molar-refractivity contribution is -0.121. The van der Waals surface area contributed by atoms with Gasteiger partial charge in [0, 0.05) is 17.8 Å². The first kappa shape index (κ1) is 24.9. The number of hydrogen-bond donors (Lipinski definition) is 2. The Hall–Kier alpha value is -4.20. The summed E-state index contributed by atoms with van der Waals surface area (Å²) in [6.07, 6.45) is -0.325. The summed E-state index contributed by atoms with van der Waals surface area (Å²) in [5.74, 6) is -0.958. The van der Waals surface area contributed by atoms with Crippen LogP contribution in [0.25, 0.3) is 0 Å². The maximum atomic E-state index is 13.4. The van der Waals surface area contributed by atoms with Crippen molar-refractivity contribution in [1.29, 1.82) is 0 Å². The fourth-order valence-corrected chi connectivity index (χ4v) is 4.06. The molecule has 0 aromatic heterocycles. The lowest BCUT2D eigenvalue weighted by atomic mass is 10.00. The van der Waals surface area contributed by atoms with Gasteiger partial charge in [-0.2, -0.15) is 0 Å². The Morgan fingerprint density at radius 1 is 0.917 bits per heavy atom. The molecule has 2 N–H and O–H groups in total. The zero-order valence-corrected chi connectivity index (χ0v) is 20.2. The number of carbonyl (C=O) groups excluding carboxylic acids is 3. The number of ether oxygens (including phenoxy) is 1. The van der Waals surface area contributed by atoms with E-state index >= 15 is 0 Å². The molecule has 2 atom stereocenters. The lowest BCUT2D eigenvalue weighted by Crippen LogP contribution is -2.43. The molecule has 0 radical (unpaired) electrons. The molecule has 1 aliphatic heterocycles. The summed E-state index contributed by atoms with van der Waals surface area (Å²) in [5, 5.41) is 5.59. The standard InChI is InChI=1S/C28H28FN3O4/c1-3-4-24(33)30-22-13-9-20(10-14-22)26-25(27(34)31-23-15-11-21(29)12-16-23)32(28(35)36-26)17-19-7-5-18(2)6-8-19/h5-16,25-26H,3-4,17H2,1-2H3,(H,30,33)(H,31,34). The van der Waals surface area contributed by atoms with E-state index in [0.717, 1.165) is 17.5 Å². The molecule has 7 nitrogen and oxygen atoms in total. The second-order valence-electron chi connectivity index (χ2n) is 8.78. The summed E-state index contributed by atoms with van der Waals surface area (Å²) in [5.41, 5.74) is 3.57. The molecule has 186 valence electrons. The van der Waals surface area contributed by atoms with Gasteiger partial charge >= 0.3 is 6.09 Å². The number of aryl methyl sites for hydroxylation is 1. The Kier molecular flexibility index (Phi) is 7.63. The minimum atomic E-state index is -0.968. The van der Waals surface area contributed by atoms with E-state index in [1.165, 1.54) is 29.2 Å². The zero-order chi connectivity index (χ0) is 25.7. The zero-order valence-electron chi connectivity index (χ0n) is 20.2. The van der Waals surface area contributed by atoms with Gasteiger partial charge in [-0.05, 0) is 60.9 Å². The van der Waals surface area contributed by atoms with Crippen LogP contribution < -0.4 is 10.6 Å². The average Bonchev–Trinajstić information content (AvgIpc) is 3.18. The highest BCUT2D eigenvalue weighted by molar-refractivity contribution is 5.98. The van der Waals surface area contributed by atoms with Gasteiger partial charge in [-0.1, -0.05) is 48.9 Å². The molecule has 1 heterocycles. The second-order valence-corrected chi connectivity index (χ2v) is 8.78. The normalized spacial score (nSPS) is 17.0. The second kappa shape index (κ2) is 11.0. The first-order chi connectivity index (χ1) is 17.3. The molecule has 1 aliphatic rings. The molecule has 0 saturated carbocycles. The number of nitrogens with zero attached hydrogens (tertiary/aromatic N) is 1. The molecular weight excluding hydrogens is 461 g/mol. The highest BCUT2D eigenvalue weighted by Crippen LogP contribution is 2.35. The van der Waals surface area contributed by atoms with Gasteiger partial charge in [0.05, 0.1) is 6.54 Å². The highest BCUT2D eigenvalue weighted by atomic mass is 19.1. The number of amides is 3. The summed E-state index contributed by atoms with van der Waals surface area (Å²) < 4.78 is 19.0. The molecule has 1 saturated heterocycles. The topological polar surface area (TPSA) is 87.7 Å². The van der Waals surface area contributed by atoms with Crippen molar-refractivity contribution in [3.63, 3.8) is 0 Å². The molecule has 0 spiro atoms. The van der Waals surface area contributed by atoms with Gasteiger partial charge < -0.3 is 15.4 Å². The van der Waals surface area contributed by atoms with Crippen LogP contribution in [0.3, 0.4) is 0 Å². The first-order valence-corrected chi connectivity index (χ1v) is 11.8. The van der Waals surface area contributed by atoms with Crippen LogP contribution in [0.5, 0.6) is 0 Å². The smallest absolute Gasteiger partial charge is 0.411 e. The van der Waals surface area contributed by atoms with E-state index in [9.17, 15) is 18.8 Å². The van der Waals surface area contributed by atoms with Crippen molar-refractivity contribution < 1.29 is 23.5 Å². The molecule has 3 aromatic rings. The van der Waals surface area contributed by atoms with Crippen LogP contribution in [0.2, 0.25) is 0 Å². The summed E-state index contributed by atoms with van der Waals surface area (Å²) in [6, 6.07) is 19.0. The van der Waals surface area contributed by atoms with Crippen molar-refractivity contribution in [2.24, 2.45) is 0 Å². The van der Waals surface area contributed by atoms with E-state index in [1.54, 1.807) is 24.3 Å². The number of benzene rings is 3. The van der Waals surface area contributed by atoms with Crippen molar-refractivity contribution in [3.8, 4) is 0 Å². The fraction of sp³-hybridized carbons (Fsp3) is 0.250. The van der Waals surface area contributed by atoms with Gasteiger partial charge in [-0.25, -0.2) is 9.18 Å². The van der Waals surface area contributed by atoms with E-state index in [4.69, 9.17) is 4.74 Å². The Morgan fingerprint density at radius 2 is 1.53 bits per heavy atom. The Bertz CT molecular complexity index is 1230. The summed E-state index contributed by atoms with van der Waals surface area (Å²) in [6.45, 7) is 4.08. The molecule has 0 aliphatic carbocycles. The molecule has 3 amide bonds. The number of hydrogen-bond acceptors (Lipinski definition) is 4. The van der Waals surface area contributed by atoms with Crippen molar-refractivity contribution in [3.05, 3.63) is 95.3 Å². The molecular formula is C28H28FN3O4. The van der Waals surface area contributed by atoms with Crippen LogP contribution in [-0.4, -0.2) is 28.8 Å². The third-order valence-corrected chi connectivity index (χ3v) is 5.94. The monoisotopic (exact) mass is 489 g/mol. The van der Waals surface area contributed by atoms with Crippen LogP contribution in [0.15, 0.2) is 72.8 Å². The van der Waals surface area contributed by atoms with Crippen LogP contribution >= 0.6 is 0 Å². The van der Waals surface area contributed by atoms with Crippen molar-refractivity contribution in [1.82, 2.24) is 4.90 Å². The van der Waals surface area contributed by atoms with E-state index in [1.807, 2.05) is 38.1 Å². The minimum absolute atomic E-state index is 0.0848. The van der Waals surface area contributed by atoms with E-state index in [0.29, 0.717) is 23.4 Å². The molecule has 0 bridgehead atoms. The average molecular weight is 490 g/mol. The van der Waals surface area contributed by atoms with Gasteiger partial charge in [0.2, 0.25) is 5.91 Å². The van der Waals surface area contributed by atoms with Crippen LogP contribution in [0.1, 0.15) is 42.6 Å². The molecule has 4 rings (SSSR count). The summed E-state index contributed by atoms with van der Waals surface area (Å²) in [7, 11) is 0. The predicted octanol–water partition coefficient (Wildman–Crippen LogP) is 5.57. The quantitative estimate of drug-likeness (QED) is 0.433. The number of cyclic esters (lactones) is 1. The molecule has 1 fully saturated rings. The van der Waals surface area contributed by atoms with Crippen molar-refractivity contribution in [2.45, 2.75) is 45.4 Å². The Morgan fingerprint density at radius 3 is 2.17 bits per heavy atom. The van der Waals surface area contributed by atoms with E-state index in [2.05, 4.69) is 10.6 Å². The largest absolute Gasteiger partial charge is 0.438 e. The van der Waals surface area contributed by atoms with Crippen molar-refractivity contribution in [2.75, 3.05) is 10.6 Å². The highest BCUT2D eigenvalue weighted by Gasteiger charge is 2.47. The van der Waals surface area contributed by atoms with E-state index < -0.39 is 30.0 Å². The Balaban J connectivity index is 1.60. The summed E-state index contributed by atoms with van der Waals surface area (Å²) in [4.78, 5) is 39.7. The Labute approximate surface area is 209 Å². The number of anilines is 2. The molecule has 36 heavy (non-hydrogen) atoms. The third kappa shape index (κ3) is 5.89. The van der Waals surface area contributed by atoms with Gasteiger partial charge in [-0.3, -0.25) is 14.5 Å². The number of carbonyl (C=O) groups is 3.